The molecule has 166 valence electrons. The second kappa shape index (κ2) is 9.07. The second-order valence-electron chi connectivity index (χ2n) is 7.67. The highest BCUT2D eigenvalue weighted by Gasteiger charge is 2.24. The summed E-state index contributed by atoms with van der Waals surface area (Å²) in [6.07, 6.45) is 1.70. The summed E-state index contributed by atoms with van der Waals surface area (Å²) in [7, 11) is 0. The van der Waals surface area contributed by atoms with Gasteiger partial charge in [-0.05, 0) is 49.2 Å². The van der Waals surface area contributed by atoms with Gasteiger partial charge >= 0.3 is 0 Å². The number of aromatic nitrogens is 3. The molecule has 0 bridgehead atoms. The van der Waals surface area contributed by atoms with E-state index >= 15 is 0 Å². The molecule has 9 heteroatoms. The van der Waals surface area contributed by atoms with Crippen LogP contribution in [0.2, 0.25) is 0 Å². The Labute approximate surface area is 192 Å². The maximum atomic E-state index is 9.89. The number of hydrogen-bond donors (Lipinski definition) is 2. The van der Waals surface area contributed by atoms with E-state index in [1.807, 2.05) is 22.9 Å². The summed E-state index contributed by atoms with van der Waals surface area (Å²) >= 11 is 0. The first-order valence-electron chi connectivity index (χ1n) is 10.6. The zero-order valence-corrected chi connectivity index (χ0v) is 18.7. The van der Waals surface area contributed by atoms with Crippen LogP contribution in [0.4, 0.5) is 5.82 Å². The van der Waals surface area contributed by atoms with Crippen LogP contribution in [0.3, 0.4) is 0 Å². The lowest BCUT2D eigenvalue weighted by Gasteiger charge is -2.20. The third-order valence-corrected chi connectivity index (χ3v) is 5.76. The third kappa shape index (κ3) is 3.74. The van der Waals surface area contributed by atoms with Crippen molar-refractivity contribution in [1.82, 2.24) is 20.1 Å². The van der Waals surface area contributed by atoms with Crippen molar-refractivity contribution in [1.29, 1.82) is 5.26 Å². The molecular formula is C23H25ClN6O2. The molecule has 0 amide bonds. The number of benzene rings is 1. The van der Waals surface area contributed by atoms with Crippen LogP contribution in [0.15, 0.2) is 24.3 Å². The molecule has 3 aromatic rings. The average molecular weight is 453 g/mol. The molecule has 2 aromatic heterocycles. The van der Waals surface area contributed by atoms with Gasteiger partial charge in [0, 0.05) is 24.2 Å². The van der Waals surface area contributed by atoms with Gasteiger partial charge in [0.05, 0.1) is 17.1 Å². The molecule has 3 N–H and O–H groups in total. The van der Waals surface area contributed by atoms with Crippen molar-refractivity contribution in [3.05, 3.63) is 41.1 Å². The minimum Gasteiger partial charge on any atom is -0.486 e. The molecule has 2 aliphatic rings. The fraction of sp³-hybridized carbons (Fsp3) is 0.348. The van der Waals surface area contributed by atoms with E-state index in [9.17, 15) is 5.26 Å². The Hall–Kier alpha value is -3.28. The molecule has 2 aliphatic heterocycles. The van der Waals surface area contributed by atoms with Crippen LogP contribution in [-0.2, 0) is 19.5 Å². The molecule has 0 saturated carbocycles. The summed E-state index contributed by atoms with van der Waals surface area (Å²) in [5.41, 5.74) is 11.9. The molecule has 0 radical (unpaired) electrons. The minimum absolute atomic E-state index is 0. The number of rotatable bonds is 3. The van der Waals surface area contributed by atoms with Gasteiger partial charge < -0.3 is 20.5 Å². The Kier molecular flexibility index (Phi) is 6.21. The molecule has 0 spiro atoms. The van der Waals surface area contributed by atoms with Gasteiger partial charge in [0.15, 0.2) is 11.5 Å². The van der Waals surface area contributed by atoms with Crippen molar-refractivity contribution in [3.63, 3.8) is 0 Å². The maximum absolute atomic E-state index is 9.89. The predicted octanol–water partition coefficient (Wildman–Crippen LogP) is 3.31. The summed E-state index contributed by atoms with van der Waals surface area (Å²) < 4.78 is 13.4. The van der Waals surface area contributed by atoms with Gasteiger partial charge in [-0.2, -0.15) is 10.4 Å². The molecule has 5 rings (SSSR count). The minimum atomic E-state index is 0. The Morgan fingerprint density at radius 1 is 1.22 bits per heavy atom. The van der Waals surface area contributed by atoms with E-state index in [0.29, 0.717) is 30.9 Å². The lowest BCUT2D eigenvalue weighted by atomic mass is 9.93. The Bertz CT molecular complexity index is 1180. The number of aryl methyl sites for hydroxylation is 1. The van der Waals surface area contributed by atoms with Crippen LogP contribution in [-0.4, -0.2) is 34.5 Å². The number of hydrogen-bond acceptors (Lipinski definition) is 7. The molecule has 8 nitrogen and oxygen atoms in total. The summed E-state index contributed by atoms with van der Waals surface area (Å²) in [6.45, 7) is 5.69. The van der Waals surface area contributed by atoms with E-state index in [0.717, 1.165) is 65.6 Å². The number of nitrogens with two attached hydrogens (primary N) is 1. The van der Waals surface area contributed by atoms with Crippen LogP contribution < -0.4 is 20.5 Å². The van der Waals surface area contributed by atoms with Crippen molar-refractivity contribution in [2.45, 2.75) is 32.9 Å². The van der Waals surface area contributed by atoms with Gasteiger partial charge in [-0.15, -0.1) is 12.4 Å². The van der Waals surface area contributed by atoms with Crippen molar-refractivity contribution >= 4 is 18.2 Å². The fourth-order valence-corrected chi connectivity index (χ4v) is 4.29. The van der Waals surface area contributed by atoms with Crippen LogP contribution in [0.1, 0.15) is 30.2 Å². The van der Waals surface area contributed by atoms with E-state index in [4.69, 9.17) is 20.3 Å². The fourth-order valence-electron chi connectivity index (χ4n) is 4.29. The highest BCUT2D eigenvalue weighted by molar-refractivity contribution is 5.85. The molecule has 0 fully saturated rings. The third-order valence-electron chi connectivity index (χ3n) is 5.76. The molecule has 4 heterocycles. The van der Waals surface area contributed by atoms with Gasteiger partial charge in [0.2, 0.25) is 0 Å². The summed E-state index contributed by atoms with van der Waals surface area (Å²) in [5, 5.41) is 18.2. The van der Waals surface area contributed by atoms with E-state index < -0.39 is 0 Å². The van der Waals surface area contributed by atoms with Crippen molar-refractivity contribution in [2.75, 3.05) is 25.5 Å². The van der Waals surface area contributed by atoms with E-state index in [1.54, 1.807) is 0 Å². The first-order valence-corrected chi connectivity index (χ1v) is 10.6. The van der Waals surface area contributed by atoms with Crippen LogP contribution >= 0.6 is 12.4 Å². The number of nitriles is 1. The number of nitrogens with zero attached hydrogens (tertiary/aromatic N) is 4. The second-order valence-corrected chi connectivity index (χ2v) is 7.67. The molecule has 0 unspecified atom stereocenters. The Morgan fingerprint density at radius 2 is 2.03 bits per heavy atom. The monoisotopic (exact) mass is 452 g/mol. The highest BCUT2D eigenvalue weighted by atomic mass is 35.5. The van der Waals surface area contributed by atoms with Gasteiger partial charge in [-0.1, -0.05) is 6.92 Å². The Balaban J connectivity index is 0.00000245. The van der Waals surface area contributed by atoms with Crippen molar-refractivity contribution in [3.8, 4) is 40.1 Å². The van der Waals surface area contributed by atoms with E-state index in [2.05, 4.69) is 29.4 Å². The standard InChI is InChI=1S/C23H24N6O2.ClH/c1-2-16-21(18-11-15-13-26-6-3-7-29(15)28-18)17(12-24)23(25)27-22(16)14-4-5-19-20(10-14)31-9-8-30-19;/h4-5,10-11,26H,2-3,6-9,13H2,1H3,(H2,25,27);1H. The lowest BCUT2D eigenvalue weighted by Crippen LogP contribution is -2.15. The van der Waals surface area contributed by atoms with Gasteiger partial charge in [0.25, 0.3) is 0 Å². The molecule has 1 aromatic carbocycles. The lowest BCUT2D eigenvalue weighted by molar-refractivity contribution is 0.171. The van der Waals surface area contributed by atoms with Crippen LogP contribution in [0.5, 0.6) is 11.5 Å². The topological polar surface area (TPSA) is 111 Å². The number of fused-ring (bicyclic) bond motifs is 2. The molecule has 0 saturated heterocycles. The van der Waals surface area contributed by atoms with Crippen molar-refractivity contribution in [2.24, 2.45) is 0 Å². The van der Waals surface area contributed by atoms with Crippen LogP contribution in [0.25, 0.3) is 22.5 Å². The average Bonchev–Trinajstić information content (AvgIpc) is 3.07. The molecule has 0 atom stereocenters. The summed E-state index contributed by atoms with van der Waals surface area (Å²) in [6, 6.07) is 10.1. The van der Waals surface area contributed by atoms with Gasteiger partial charge in [-0.3, -0.25) is 4.68 Å². The van der Waals surface area contributed by atoms with E-state index in [-0.39, 0.29) is 18.2 Å². The molecule has 0 aliphatic carbocycles. The number of ether oxygens (including phenoxy) is 2. The molecule has 32 heavy (non-hydrogen) atoms. The number of nitrogen functional groups attached to an aromatic ring is 1. The smallest absolute Gasteiger partial charge is 0.162 e. The number of anilines is 1. The zero-order valence-electron chi connectivity index (χ0n) is 17.9. The van der Waals surface area contributed by atoms with Gasteiger partial charge in [0.1, 0.15) is 30.7 Å². The number of pyridine rings is 1. The normalized spacial score (nSPS) is 14.6. The summed E-state index contributed by atoms with van der Waals surface area (Å²) in [5.74, 6) is 1.62. The quantitative estimate of drug-likeness (QED) is 0.627. The zero-order chi connectivity index (χ0) is 21.4. The number of halogens is 1. The SMILES string of the molecule is CCc1c(-c2ccc3c(c2)OCCO3)nc(N)c(C#N)c1-c1cc2n(n1)CCCNC2.Cl. The predicted molar refractivity (Wildman–Crippen MR) is 124 cm³/mol. The molecular weight excluding hydrogens is 428 g/mol. The Morgan fingerprint density at radius 3 is 2.81 bits per heavy atom. The summed E-state index contributed by atoms with van der Waals surface area (Å²) in [4.78, 5) is 4.63. The number of nitrogens with one attached hydrogen (secondary N) is 1. The first kappa shape index (κ1) is 21.9. The largest absolute Gasteiger partial charge is 0.486 e. The maximum Gasteiger partial charge on any atom is 0.162 e. The highest BCUT2D eigenvalue weighted by Crippen LogP contribution is 2.40. The first-order chi connectivity index (χ1) is 15.2. The van der Waals surface area contributed by atoms with Crippen LogP contribution in [0, 0.1) is 11.3 Å². The van der Waals surface area contributed by atoms with Gasteiger partial charge in [-0.25, -0.2) is 4.98 Å². The van der Waals surface area contributed by atoms with Crippen molar-refractivity contribution < 1.29 is 9.47 Å². The van der Waals surface area contributed by atoms with E-state index in [1.165, 1.54) is 0 Å².